The van der Waals surface area contributed by atoms with Crippen molar-refractivity contribution in [3.05, 3.63) is 70.7 Å². The van der Waals surface area contributed by atoms with Crippen molar-refractivity contribution in [3.63, 3.8) is 0 Å². The van der Waals surface area contributed by atoms with Crippen LogP contribution in [-0.2, 0) is 7.05 Å². The van der Waals surface area contributed by atoms with Gasteiger partial charge in [0.2, 0.25) is 5.69 Å². The van der Waals surface area contributed by atoms with E-state index in [1.807, 2.05) is 25.2 Å². The van der Waals surface area contributed by atoms with E-state index in [-0.39, 0.29) is 28.5 Å². The zero-order chi connectivity index (χ0) is 23.3. The third-order valence-corrected chi connectivity index (χ3v) is 6.20. The molecule has 1 fully saturated rings. The number of halogens is 2. The van der Waals surface area contributed by atoms with E-state index in [1.54, 1.807) is 26.4 Å². The molecule has 33 heavy (non-hydrogen) atoms. The number of carbonyl (C=O) groups excluding carboxylic acids is 1. The second kappa shape index (κ2) is 7.99. The highest BCUT2D eigenvalue weighted by Gasteiger charge is 2.30. The van der Waals surface area contributed by atoms with E-state index in [2.05, 4.69) is 14.9 Å². The van der Waals surface area contributed by atoms with Crippen LogP contribution in [0.4, 0.5) is 10.1 Å². The number of hydrogen-bond donors (Lipinski definition) is 1. The molecule has 0 spiro atoms. The topological polar surface area (TPSA) is 86.3 Å². The second-order valence-corrected chi connectivity index (χ2v) is 8.36. The van der Waals surface area contributed by atoms with Crippen molar-refractivity contribution < 1.29 is 9.18 Å². The second-order valence-electron chi connectivity index (χ2n) is 8.00. The summed E-state index contributed by atoms with van der Waals surface area (Å²) in [6, 6.07) is 9.72. The Morgan fingerprint density at radius 3 is 2.82 bits per heavy atom. The average molecular weight is 464 g/mol. The summed E-state index contributed by atoms with van der Waals surface area (Å²) in [5.41, 5.74) is 7.91. The van der Waals surface area contributed by atoms with Gasteiger partial charge in [-0.3, -0.25) is 14.0 Å². The van der Waals surface area contributed by atoms with Crippen LogP contribution in [0.25, 0.3) is 32.8 Å². The number of hydrogen-bond acceptors (Lipinski definition) is 4. The number of nitrogens with zero attached hydrogens (tertiary/aromatic N) is 6. The molecule has 1 aliphatic heterocycles. The number of aromatic nitrogens is 4. The average Bonchev–Trinajstić information content (AvgIpc) is 3.50. The highest BCUT2D eigenvalue weighted by atomic mass is 35.5. The molecule has 1 saturated heterocycles. The predicted molar refractivity (Wildman–Crippen MR) is 123 cm³/mol. The number of amides is 1. The fourth-order valence-electron chi connectivity index (χ4n) is 4.11. The number of imidazole rings is 1. The van der Waals surface area contributed by atoms with Gasteiger partial charge in [-0.15, -0.1) is 0 Å². The molecule has 5 rings (SSSR count). The maximum Gasteiger partial charge on any atom is 0.275 e. The molecule has 3 heterocycles. The molecule has 0 unspecified atom stereocenters. The summed E-state index contributed by atoms with van der Waals surface area (Å²) >= 11 is 6.74. The van der Waals surface area contributed by atoms with Crippen molar-refractivity contribution >= 4 is 34.1 Å². The lowest BCUT2D eigenvalue weighted by atomic mass is 10.1. The van der Waals surface area contributed by atoms with Crippen molar-refractivity contribution in [3.8, 4) is 17.1 Å². The number of carbonyl (C=O) groups is 1. The SMILES string of the molecule is [C-]#[N+]c1ccc(-c2nc(C(=O)N3CC[C@H](N)C3)c(Cl)n2-c2ccc3c(cnn3C)c2)cc1F. The Kier molecular flexibility index (Phi) is 5.12. The minimum Gasteiger partial charge on any atom is -0.336 e. The van der Waals surface area contributed by atoms with E-state index in [4.69, 9.17) is 23.9 Å². The highest BCUT2D eigenvalue weighted by molar-refractivity contribution is 6.33. The quantitative estimate of drug-likeness (QED) is 0.466. The van der Waals surface area contributed by atoms with E-state index < -0.39 is 5.82 Å². The van der Waals surface area contributed by atoms with Crippen molar-refractivity contribution in [1.29, 1.82) is 0 Å². The van der Waals surface area contributed by atoms with Gasteiger partial charge in [0.15, 0.2) is 5.69 Å². The van der Waals surface area contributed by atoms with Crippen LogP contribution in [0.2, 0.25) is 5.15 Å². The van der Waals surface area contributed by atoms with Crippen molar-refractivity contribution in [1.82, 2.24) is 24.2 Å². The summed E-state index contributed by atoms with van der Waals surface area (Å²) in [4.78, 5) is 22.5. The molecule has 2 aromatic carbocycles. The number of aryl methyl sites for hydroxylation is 1. The lowest BCUT2D eigenvalue weighted by molar-refractivity contribution is 0.0786. The van der Waals surface area contributed by atoms with Gasteiger partial charge in [0.25, 0.3) is 5.91 Å². The van der Waals surface area contributed by atoms with Crippen LogP contribution >= 0.6 is 11.6 Å². The highest BCUT2D eigenvalue weighted by Crippen LogP contribution is 2.34. The van der Waals surface area contributed by atoms with Gasteiger partial charge in [0, 0.05) is 42.8 Å². The predicted octanol–water partition coefficient (Wildman–Crippen LogP) is 3.94. The number of fused-ring (bicyclic) bond motifs is 1. The van der Waals surface area contributed by atoms with Gasteiger partial charge in [0.05, 0.1) is 18.3 Å². The first-order valence-corrected chi connectivity index (χ1v) is 10.7. The fourth-order valence-corrected chi connectivity index (χ4v) is 4.42. The first kappa shape index (κ1) is 21.1. The molecule has 1 atom stereocenters. The molecule has 2 aromatic heterocycles. The smallest absolute Gasteiger partial charge is 0.275 e. The molecular weight excluding hydrogens is 445 g/mol. The van der Waals surface area contributed by atoms with Gasteiger partial charge in [-0.2, -0.15) is 5.10 Å². The minimum atomic E-state index is -0.672. The fraction of sp³-hybridized carbons (Fsp3) is 0.217. The molecule has 0 saturated carbocycles. The maximum absolute atomic E-state index is 14.5. The molecule has 1 aliphatic rings. The zero-order valence-corrected chi connectivity index (χ0v) is 18.4. The Bertz CT molecular complexity index is 1450. The number of nitrogens with two attached hydrogens (primary N) is 1. The Labute approximate surface area is 193 Å². The standard InChI is InChI=1S/C23H19ClFN7O/c1-27-18-5-3-13(10-17(18)25)22-29-20(23(33)31-8-7-15(26)12-31)21(24)32(22)16-4-6-19-14(9-16)11-28-30(19)2/h3-6,9-11,15H,7-8,12,26H2,2H3/t15-/m0/s1. The van der Waals surface area contributed by atoms with E-state index in [0.717, 1.165) is 10.9 Å². The van der Waals surface area contributed by atoms with Gasteiger partial charge < -0.3 is 10.6 Å². The summed E-state index contributed by atoms with van der Waals surface area (Å²) in [6.45, 7) is 8.04. The maximum atomic E-state index is 14.5. The summed E-state index contributed by atoms with van der Waals surface area (Å²) in [7, 11) is 1.84. The van der Waals surface area contributed by atoms with Crippen molar-refractivity contribution in [2.24, 2.45) is 12.8 Å². The van der Waals surface area contributed by atoms with Crippen LogP contribution in [0.5, 0.6) is 0 Å². The van der Waals surface area contributed by atoms with Crippen LogP contribution in [0, 0.1) is 12.4 Å². The summed E-state index contributed by atoms with van der Waals surface area (Å²) in [6.07, 6.45) is 2.43. The molecule has 1 amide bonds. The molecular formula is C23H19ClFN7O. The Hall–Kier alpha value is -3.74. The molecule has 0 radical (unpaired) electrons. The molecule has 8 nitrogen and oxygen atoms in total. The van der Waals surface area contributed by atoms with Gasteiger partial charge in [0.1, 0.15) is 16.8 Å². The van der Waals surface area contributed by atoms with Crippen LogP contribution < -0.4 is 5.73 Å². The molecule has 0 bridgehead atoms. The zero-order valence-electron chi connectivity index (χ0n) is 17.7. The number of rotatable bonds is 3. The monoisotopic (exact) mass is 463 g/mol. The first-order valence-electron chi connectivity index (χ1n) is 10.3. The van der Waals surface area contributed by atoms with Crippen LogP contribution in [0.3, 0.4) is 0 Å². The molecule has 4 aromatic rings. The van der Waals surface area contributed by atoms with Crippen LogP contribution in [0.15, 0.2) is 42.6 Å². The normalized spacial score (nSPS) is 15.8. The Morgan fingerprint density at radius 1 is 1.30 bits per heavy atom. The van der Waals surface area contributed by atoms with E-state index >= 15 is 0 Å². The third-order valence-electron chi connectivity index (χ3n) is 5.85. The van der Waals surface area contributed by atoms with Crippen LogP contribution in [0.1, 0.15) is 16.9 Å². The number of likely N-dealkylation sites (tertiary alicyclic amines) is 1. The number of benzene rings is 2. The summed E-state index contributed by atoms with van der Waals surface area (Å²) < 4.78 is 17.8. The molecule has 166 valence electrons. The lowest BCUT2D eigenvalue weighted by Crippen LogP contribution is -2.32. The van der Waals surface area contributed by atoms with Gasteiger partial charge in [-0.05, 0) is 30.7 Å². The molecule has 2 N–H and O–H groups in total. The van der Waals surface area contributed by atoms with Gasteiger partial charge in [-0.25, -0.2) is 14.2 Å². The van der Waals surface area contributed by atoms with Crippen molar-refractivity contribution in [2.75, 3.05) is 13.1 Å². The van der Waals surface area contributed by atoms with Gasteiger partial charge >= 0.3 is 0 Å². The molecule has 10 heteroatoms. The third kappa shape index (κ3) is 3.53. The van der Waals surface area contributed by atoms with E-state index in [0.29, 0.717) is 36.6 Å². The van der Waals surface area contributed by atoms with E-state index in [1.165, 1.54) is 12.1 Å². The lowest BCUT2D eigenvalue weighted by Gasteiger charge is -2.14. The van der Waals surface area contributed by atoms with E-state index in [9.17, 15) is 9.18 Å². The molecule has 0 aliphatic carbocycles. The Morgan fingerprint density at radius 2 is 2.12 bits per heavy atom. The van der Waals surface area contributed by atoms with Crippen molar-refractivity contribution in [2.45, 2.75) is 12.5 Å². The summed E-state index contributed by atoms with van der Waals surface area (Å²) in [5.74, 6) is -0.701. The first-order chi connectivity index (χ1) is 15.9. The minimum absolute atomic E-state index is 0.0710. The summed E-state index contributed by atoms with van der Waals surface area (Å²) in [5, 5.41) is 5.26. The van der Waals surface area contributed by atoms with Gasteiger partial charge in [-0.1, -0.05) is 23.7 Å². The van der Waals surface area contributed by atoms with Crippen LogP contribution in [-0.4, -0.2) is 49.3 Å². The Balaban J connectivity index is 1.70. The largest absolute Gasteiger partial charge is 0.336 e.